The van der Waals surface area contributed by atoms with E-state index in [1.807, 2.05) is 31.2 Å². The molecule has 1 atom stereocenters. The van der Waals surface area contributed by atoms with Crippen LogP contribution in [-0.4, -0.2) is 38.6 Å². The molecule has 1 aromatic heterocycles. The highest BCUT2D eigenvalue weighted by atomic mass is 16.5. The highest BCUT2D eigenvalue weighted by Gasteiger charge is 2.13. The molecule has 0 fully saturated rings. The summed E-state index contributed by atoms with van der Waals surface area (Å²) in [4.78, 5) is 22.8. The topological polar surface area (TPSA) is 106 Å². The summed E-state index contributed by atoms with van der Waals surface area (Å²) in [6.45, 7) is 6.59. The highest BCUT2D eigenvalue weighted by Crippen LogP contribution is 2.18. The van der Waals surface area contributed by atoms with Gasteiger partial charge in [0.1, 0.15) is 12.3 Å². The summed E-state index contributed by atoms with van der Waals surface area (Å²) in [7, 11) is 0. The van der Waals surface area contributed by atoms with Crippen LogP contribution in [0.15, 0.2) is 30.5 Å². The van der Waals surface area contributed by atoms with Crippen molar-refractivity contribution in [2.75, 3.05) is 6.61 Å². The first-order chi connectivity index (χ1) is 11.8. The number of aromatic nitrogens is 3. The molecule has 0 saturated heterocycles. The quantitative estimate of drug-likeness (QED) is 0.756. The summed E-state index contributed by atoms with van der Waals surface area (Å²) in [5.41, 5.74) is 0.743. The number of carboxylic acids is 1. The lowest BCUT2D eigenvalue weighted by atomic mass is 10.1. The van der Waals surface area contributed by atoms with Gasteiger partial charge in [-0.15, -0.1) is 5.10 Å². The molecule has 1 unspecified atom stereocenters. The molecule has 0 aliphatic rings. The summed E-state index contributed by atoms with van der Waals surface area (Å²) in [5, 5.41) is 18.7. The largest absolute Gasteiger partial charge is 0.493 e. The van der Waals surface area contributed by atoms with Crippen molar-refractivity contribution in [3.63, 3.8) is 0 Å². The van der Waals surface area contributed by atoms with E-state index in [-0.39, 0.29) is 24.2 Å². The van der Waals surface area contributed by atoms with Gasteiger partial charge in [0.05, 0.1) is 18.8 Å². The highest BCUT2D eigenvalue weighted by molar-refractivity contribution is 5.84. The lowest BCUT2D eigenvalue weighted by Crippen LogP contribution is -2.30. The van der Waals surface area contributed by atoms with Gasteiger partial charge in [0.25, 0.3) is 0 Å². The van der Waals surface area contributed by atoms with Crippen molar-refractivity contribution in [1.29, 1.82) is 0 Å². The number of carbonyl (C=O) groups is 2. The fourth-order valence-electron chi connectivity index (χ4n) is 2.11. The van der Waals surface area contributed by atoms with Gasteiger partial charge in [0.15, 0.2) is 5.69 Å². The first kappa shape index (κ1) is 18.4. The molecule has 25 heavy (non-hydrogen) atoms. The lowest BCUT2D eigenvalue weighted by Gasteiger charge is -2.15. The molecule has 0 radical (unpaired) electrons. The van der Waals surface area contributed by atoms with E-state index < -0.39 is 5.97 Å². The van der Waals surface area contributed by atoms with Crippen molar-refractivity contribution in [2.45, 2.75) is 33.4 Å². The molecule has 8 heteroatoms. The summed E-state index contributed by atoms with van der Waals surface area (Å²) >= 11 is 0. The Kier molecular flexibility index (Phi) is 6.10. The van der Waals surface area contributed by atoms with E-state index in [2.05, 4.69) is 29.5 Å². The maximum absolute atomic E-state index is 12.0. The summed E-state index contributed by atoms with van der Waals surface area (Å²) < 4.78 is 6.82. The van der Waals surface area contributed by atoms with Crippen LogP contribution in [0.2, 0.25) is 0 Å². The average molecular weight is 346 g/mol. The second kappa shape index (κ2) is 8.27. The van der Waals surface area contributed by atoms with Gasteiger partial charge in [-0.1, -0.05) is 31.2 Å². The Morgan fingerprint density at radius 1 is 1.24 bits per heavy atom. The molecule has 1 amide bonds. The summed E-state index contributed by atoms with van der Waals surface area (Å²) in [6, 6.07) is 7.35. The van der Waals surface area contributed by atoms with Crippen molar-refractivity contribution in [1.82, 2.24) is 20.3 Å². The van der Waals surface area contributed by atoms with Gasteiger partial charge in [0.2, 0.25) is 5.91 Å². The molecule has 1 aromatic carbocycles. The number of aromatic carboxylic acids is 1. The van der Waals surface area contributed by atoms with E-state index in [1.165, 1.54) is 10.9 Å². The molecule has 0 aliphatic heterocycles. The maximum Gasteiger partial charge on any atom is 0.358 e. The number of ether oxygens (including phenoxy) is 1. The average Bonchev–Trinajstić information content (AvgIpc) is 3.02. The van der Waals surface area contributed by atoms with Crippen LogP contribution in [0.5, 0.6) is 5.75 Å². The third-order valence-corrected chi connectivity index (χ3v) is 3.40. The van der Waals surface area contributed by atoms with Crippen molar-refractivity contribution >= 4 is 11.9 Å². The molecule has 2 aromatic rings. The minimum Gasteiger partial charge on any atom is -0.493 e. The fourth-order valence-corrected chi connectivity index (χ4v) is 2.11. The predicted octanol–water partition coefficient (Wildman–Crippen LogP) is 1.89. The second-order valence-electron chi connectivity index (χ2n) is 6.17. The van der Waals surface area contributed by atoms with Gasteiger partial charge in [0, 0.05) is 0 Å². The zero-order valence-electron chi connectivity index (χ0n) is 14.5. The molecule has 2 rings (SSSR count). The minimum absolute atomic E-state index is 0.0970. The molecular formula is C17H22N4O4. The van der Waals surface area contributed by atoms with Crippen LogP contribution in [0.1, 0.15) is 42.9 Å². The normalized spacial score (nSPS) is 12.0. The third-order valence-electron chi connectivity index (χ3n) is 3.40. The summed E-state index contributed by atoms with van der Waals surface area (Å²) in [5.74, 6) is -0.217. The van der Waals surface area contributed by atoms with Crippen LogP contribution >= 0.6 is 0 Å². The zero-order chi connectivity index (χ0) is 18.4. The van der Waals surface area contributed by atoms with E-state index in [0.29, 0.717) is 12.5 Å². The third kappa shape index (κ3) is 5.59. The lowest BCUT2D eigenvalue weighted by molar-refractivity contribution is -0.122. The zero-order valence-corrected chi connectivity index (χ0v) is 14.5. The van der Waals surface area contributed by atoms with Crippen LogP contribution in [0.3, 0.4) is 0 Å². The van der Waals surface area contributed by atoms with E-state index >= 15 is 0 Å². The van der Waals surface area contributed by atoms with Crippen molar-refractivity contribution in [2.24, 2.45) is 5.92 Å². The molecule has 8 nitrogen and oxygen atoms in total. The number of carbonyl (C=O) groups excluding carboxylic acids is 1. The number of amides is 1. The van der Waals surface area contributed by atoms with Crippen LogP contribution < -0.4 is 10.1 Å². The second-order valence-corrected chi connectivity index (χ2v) is 6.17. The molecule has 0 spiro atoms. The Balaban J connectivity index is 1.88. The van der Waals surface area contributed by atoms with Crippen molar-refractivity contribution < 1.29 is 19.4 Å². The number of carboxylic acid groups (broad SMARTS) is 1. The smallest absolute Gasteiger partial charge is 0.358 e. The van der Waals surface area contributed by atoms with Gasteiger partial charge in [-0.05, 0) is 30.5 Å². The number of rotatable bonds is 8. The Hall–Kier alpha value is -2.90. The molecule has 0 aliphatic carbocycles. The Morgan fingerprint density at radius 3 is 2.48 bits per heavy atom. The predicted molar refractivity (Wildman–Crippen MR) is 90.3 cm³/mol. The summed E-state index contributed by atoms with van der Waals surface area (Å²) in [6.07, 6.45) is 1.22. The van der Waals surface area contributed by atoms with Crippen LogP contribution in [0.4, 0.5) is 0 Å². The monoisotopic (exact) mass is 346 g/mol. The van der Waals surface area contributed by atoms with Gasteiger partial charge >= 0.3 is 5.97 Å². The van der Waals surface area contributed by atoms with Gasteiger partial charge in [-0.25, -0.2) is 9.48 Å². The first-order valence-corrected chi connectivity index (χ1v) is 8.00. The Morgan fingerprint density at radius 2 is 1.92 bits per heavy atom. The van der Waals surface area contributed by atoms with Crippen LogP contribution in [0, 0.1) is 5.92 Å². The van der Waals surface area contributed by atoms with E-state index in [0.717, 1.165) is 11.3 Å². The SMILES string of the molecule is CC(C)COc1ccc(C(C)NC(=O)Cn2cc(C(=O)O)nn2)cc1. The standard InChI is InChI=1S/C17H22N4O4/c1-11(2)10-25-14-6-4-13(5-7-14)12(3)18-16(22)9-21-8-15(17(23)24)19-20-21/h4-8,11-12H,9-10H2,1-3H3,(H,18,22)(H,23,24). The molecule has 134 valence electrons. The minimum atomic E-state index is -1.18. The molecule has 2 N–H and O–H groups in total. The number of nitrogens with one attached hydrogen (secondary N) is 1. The van der Waals surface area contributed by atoms with Crippen LogP contribution in [0.25, 0.3) is 0 Å². The number of nitrogens with zero attached hydrogens (tertiary/aromatic N) is 3. The molecule has 1 heterocycles. The number of hydrogen-bond donors (Lipinski definition) is 2. The van der Waals surface area contributed by atoms with Crippen LogP contribution in [-0.2, 0) is 11.3 Å². The number of hydrogen-bond acceptors (Lipinski definition) is 5. The van der Waals surface area contributed by atoms with Crippen molar-refractivity contribution in [3.8, 4) is 5.75 Å². The molecular weight excluding hydrogens is 324 g/mol. The van der Waals surface area contributed by atoms with E-state index in [1.54, 1.807) is 0 Å². The number of benzene rings is 1. The first-order valence-electron chi connectivity index (χ1n) is 8.00. The Labute approximate surface area is 145 Å². The Bertz CT molecular complexity index is 725. The van der Waals surface area contributed by atoms with Crippen molar-refractivity contribution in [3.05, 3.63) is 41.7 Å². The van der Waals surface area contributed by atoms with Gasteiger partial charge < -0.3 is 15.2 Å². The molecule has 0 bridgehead atoms. The van der Waals surface area contributed by atoms with Gasteiger partial charge in [-0.3, -0.25) is 4.79 Å². The maximum atomic E-state index is 12.0. The fraction of sp³-hybridized carbons (Fsp3) is 0.412. The van der Waals surface area contributed by atoms with E-state index in [4.69, 9.17) is 9.84 Å². The van der Waals surface area contributed by atoms with Gasteiger partial charge in [-0.2, -0.15) is 0 Å². The van der Waals surface area contributed by atoms with E-state index in [9.17, 15) is 9.59 Å². The molecule has 0 saturated carbocycles.